The highest BCUT2D eigenvalue weighted by atomic mass is 79.9. The molecule has 0 radical (unpaired) electrons. The van der Waals surface area contributed by atoms with Crippen molar-refractivity contribution in [1.29, 1.82) is 0 Å². The zero-order chi connectivity index (χ0) is 18.7. The standard InChI is InChI=1S/C16H13BrN4O4S/c17-13-9-18-20(11-13)10-12-4-3-5-14(8-12)19-26(24,25)16-7-2-1-6-15(16)21(22)23/h1-9,11,19H,10H2. The number of nitro benzene ring substituents is 1. The van der Waals surface area contributed by atoms with Crippen LogP contribution < -0.4 is 4.72 Å². The van der Waals surface area contributed by atoms with E-state index >= 15 is 0 Å². The summed E-state index contributed by atoms with van der Waals surface area (Å²) in [5, 5.41) is 15.2. The van der Waals surface area contributed by atoms with E-state index in [0.29, 0.717) is 12.2 Å². The van der Waals surface area contributed by atoms with E-state index < -0.39 is 20.6 Å². The molecule has 0 aliphatic carbocycles. The predicted octanol–water partition coefficient (Wildman–Crippen LogP) is 3.40. The highest BCUT2D eigenvalue weighted by molar-refractivity contribution is 9.10. The van der Waals surface area contributed by atoms with Crippen LogP contribution >= 0.6 is 15.9 Å². The van der Waals surface area contributed by atoms with Gasteiger partial charge in [-0.1, -0.05) is 24.3 Å². The Morgan fingerprint density at radius 3 is 2.65 bits per heavy atom. The first-order valence-electron chi connectivity index (χ1n) is 7.38. The van der Waals surface area contributed by atoms with E-state index in [1.807, 2.05) is 6.07 Å². The fourth-order valence-corrected chi connectivity index (χ4v) is 3.94. The fourth-order valence-electron chi connectivity index (χ4n) is 2.39. The van der Waals surface area contributed by atoms with Crippen molar-refractivity contribution >= 4 is 37.3 Å². The molecular formula is C16H13BrN4O4S. The summed E-state index contributed by atoms with van der Waals surface area (Å²) in [6.07, 6.45) is 3.45. The van der Waals surface area contributed by atoms with E-state index in [9.17, 15) is 18.5 Å². The molecule has 134 valence electrons. The number of nitrogens with one attached hydrogen (secondary N) is 1. The summed E-state index contributed by atoms with van der Waals surface area (Å²) in [6.45, 7) is 0.451. The zero-order valence-electron chi connectivity index (χ0n) is 13.2. The van der Waals surface area contributed by atoms with E-state index in [0.717, 1.165) is 16.1 Å². The number of para-hydroxylation sites is 1. The number of benzene rings is 2. The van der Waals surface area contributed by atoms with Gasteiger partial charge in [-0.3, -0.25) is 19.5 Å². The largest absolute Gasteiger partial charge is 0.289 e. The molecule has 0 saturated carbocycles. The van der Waals surface area contributed by atoms with Crippen molar-refractivity contribution in [3.8, 4) is 0 Å². The highest BCUT2D eigenvalue weighted by Gasteiger charge is 2.25. The Morgan fingerprint density at radius 1 is 1.19 bits per heavy atom. The lowest BCUT2D eigenvalue weighted by Crippen LogP contribution is -2.15. The molecule has 0 aliphatic rings. The van der Waals surface area contributed by atoms with Gasteiger partial charge in [0, 0.05) is 18.0 Å². The van der Waals surface area contributed by atoms with E-state index in [-0.39, 0.29) is 4.90 Å². The maximum Gasteiger partial charge on any atom is 0.289 e. The summed E-state index contributed by atoms with van der Waals surface area (Å²) < 4.78 is 30.0. The normalized spacial score (nSPS) is 11.3. The van der Waals surface area contributed by atoms with Gasteiger partial charge in [-0.25, -0.2) is 8.42 Å². The van der Waals surface area contributed by atoms with Crippen LogP contribution in [-0.2, 0) is 16.6 Å². The average molecular weight is 437 g/mol. The number of hydrogen-bond acceptors (Lipinski definition) is 5. The Balaban J connectivity index is 1.87. The van der Waals surface area contributed by atoms with Crippen LogP contribution in [0.25, 0.3) is 0 Å². The second kappa shape index (κ2) is 7.26. The molecule has 0 unspecified atom stereocenters. The van der Waals surface area contributed by atoms with Crippen molar-refractivity contribution in [1.82, 2.24) is 9.78 Å². The molecule has 3 aromatic rings. The Hall–Kier alpha value is -2.72. The molecule has 10 heteroatoms. The second-order valence-electron chi connectivity index (χ2n) is 5.39. The van der Waals surface area contributed by atoms with Crippen LogP contribution in [0.5, 0.6) is 0 Å². The summed E-state index contributed by atoms with van der Waals surface area (Å²) >= 11 is 3.31. The van der Waals surface area contributed by atoms with Crippen LogP contribution in [0.4, 0.5) is 11.4 Å². The lowest BCUT2D eigenvalue weighted by Gasteiger charge is -2.10. The molecule has 8 nitrogen and oxygen atoms in total. The van der Waals surface area contributed by atoms with Gasteiger partial charge in [0.2, 0.25) is 0 Å². The molecule has 1 aromatic heterocycles. The molecule has 0 amide bonds. The van der Waals surface area contributed by atoms with E-state index in [4.69, 9.17) is 0 Å². The molecule has 1 N–H and O–H groups in total. The number of anilines is 1. The van der Waals surface area contributed by atoms with Crippen LogP contribution in [0.1, 0.15) is 5.56 Å². The summed E-state index contributed by atoms with van der Waals surface area (Å²) in [5.41, 5.74) is 0.660. The van der Waals surface area contributed by atoms with Gasteiger partial charge in [-0.2, -0.15) is 5.10 Å². The molecule has 0 aliphatic heterocycles. The highest BCUT2D eigenvalue weighted by Crippen LogP contribution is 2.25. The summed E-state index contributed by atoms with van der Waals surface area (Å²) in [4.78, 5) is 9.98. The summed E-state index contributed by atoms with van der Waals surface area (Å²) in [5.74, 6) is 0. The maximum atomic E-state index is 12.6. The minimum absolute atomic E-state index is 0.312. The van der Waals surface area contributed by atoms with E-state index in [1.54, 1.807) is 35.3 Å². The van der Waals surface area contributed by atoms with Gasteiger partial charge in [-0.15, -0.1) is 0 Å². The third kappa shape index (κ3) is 4.09. The number of hydrogen-bond donors (Lipinski definition) is 1. The molecule has 26 heavy (non-hydrogen) atoms. The van der Waals surface area contributed by atoms with Gasteiger partial charge in [0.05, 0.1) is 22.1 Å². The molecule has 0 saturated heterocycles. The topological polar surface area (TPSA) is 107 Å². The Labute approximate surface area is 157 Å². The van der Waals surface area contributed by atoms with Gasteiger partial charge >= 0.3 is 0 Å². The van der Waals surface area contributed by atoms with Crippen molar-refractivity contribution in [3.63, 3.8) is 0 Å². The first kappa shape index (κ1) is 18.1. The van der Waals surface area contributed by atoms with Crippen molar-refractivity contribution in [2.45, 2.75) is 11.4 Å². The monoisotopic (exact) mass is 436 g/mol. The van der Waals surface area contributed by atoms with Crippen LogP contribution in [0.2, 0.25) is 0 Å². The minimum Gasteiger partial charge on any atom is -0.279 e. The molecule has 0 spiro atoms. The summed E-state index contributed by atoms with van der Waals surface area (Å²) in [7, 11) is -4.10. The molecule has 0 bridgehead atoms. The Bertz CT molecular complexity index is 1070. The van der Waals surface area contributed by atoms with Gasteiger partial charge in [0.1, 0.15) is 0 Å². The molecule has 2 aromatic carbocycles. The first-order valence-corrected chi connectivity index (χ1v) is 9.66. The van der Waals surface area contributed by atoms with Crippen molar-refractivity contribution in [3.05, 3.63) is 81.1 Å². The lowest BCUT2D eigenvalue weighted by atomic mass is 10.2. The maximum absolute atomic E-state index is 12.6. The number of rotatable bonds is 6. The van der Waals surface area contributed by atoms with Gasteiger partial charge in [0.25, 0.3) is 15.7 Å². The lowest BCUT2D eigenvalue weighted by molar-refractivity contribution is -0.387. The average Bonchev–Trinajstić information content (AvgIpc) is 2.99. The molecule has 1 heterocycles. The van der Waals surface area contributed by atoms with E-state index in [2.05, 4.69) is 25.8 Å². The van der Waals surface area contributed by atoms with Gasteiger partial charge < -0.3 is 0 Å². The van der Waals surface area contributed by atoms with Crippen LogP contribution in [0.3, 0.4) is 0 Å². The molecule has 0 atom stereocenters. The van der Waals surface area contributed by atoms with Crippen LogP contribution in [0.15, 0.2) is 70.3 Å². The molecule has 3 rings (SSSR count). The number of nitrogens with zero attached hydrogens (tertiary/aromatic N) is 3. The first-order chi connectivity index (χ1) is 12.3. The Morgan fingerprint density at radius 2 is 1.96 bits per heavy atom. The second-order valence-corrected chi connectivity index (χ2v) is 7.95. The van der Waals surface area contributed by atoms with E-state index in [1.165, 1.54) is 18.2 Å². The van der Waals surface area contributed by atoms with Crippen molar-refractivity contribution in [2.24, 2.45) is 0 Å². The Kier molecular flexibility index (Phi) is 5.05. The van der Waals surface area contributed by atoms with Crippen molar-refractivity contribution < 1.29 is 13.3 Å². The zero-order valence-corrected chi connectivity index (χ0v) is 15.6. The molecular weight excluding hydrogens is 424 g/mol. The third-order valence-electron chi connectivity index (χ3n) is 3.48. The van der Waals surface area contributed by atoms with Crippen LogP contribution in [-0.4, -0.2) is 23.1 Å². The van der Waals surface area contributed by atoms with Gasteiger partial charge in [-0.05, 0) is 39.7 Å². The van der Waals surface area contributed by atoms with Crippen LogP contribution in [0, 0.1) is 10.1 Å². The quantitative estimate of drug-likeness (QED) is 0.470. The summed E-state index contributed by atoms with van der Waals surface area (Å²) in [6, 6.07) is 12.0. The SMILES string of the molecule is O=[N+]([O-])c1ccccc1S(=O)(=O)Nc1cccc(Cn2cc(Br)cn2)c1. The van der Waals surface area contributed by atoms with Gasteiger partial charge in [0.15, 0.2) is 4.90 Å². The minimum atomic E-state index is -4.10. The molecule has 0 fully saturated rings. The number of halogens is 1. The number of sulfonamides is 1. The number of nitro groups is 1. The smallest absolute Gasteiger partial charge is 0.279 e. The van der Waals surface area contributed by atoms with Crippen molar-refractivity contribution in [2.75, 3.05) is 4.72 Å². The fraction of sp³-hybridized carbons (Fsp3) is 0.0625. The number of aromatic nitrogens is 2. The third-order valence-corrected chi connectivity index (χ3v) is 5.32. The predicted molar refractivity (Wildman–Crippen MR) is 99.4 cm³/mol.